The van der Waals surface area contributed by atoms with Crippen LogP contribution in [0.3, 0.4) is 0 Å². The highest BCUT2D eigenvalue weighted by Gasteiger charge is 2.26. The van der Waals surface area contributed by atoms with E-state index in [2.05, 4.69) is 326 Å². The minimum absolute atomic E-state index is 0.490. The van der Waals surface area contributed by atoms with Crippen molar-refractivity contribution in [1.29, 1.82) is 0 Å². The Morgan fingerprint density at radius 3 is 0.976 bits per heavy atom. The summed E-state index contributed by atoms with van der Waals surface area (Å²) in [5.74, 6) is 1.47. The van der Waals surface area contributed by atoms with Crippen molar-refractivity contribution in [1.82, 2.24) is 28.7 Å². The molecule has 0 amide bonds. The lowest BCUT2D eigenvalue weighted by molar-refractivity contribution is 0.848. The first-order valence-electron chi connectivity index (χ1n) is 28.6. The van der Waals surface area contributed by atoms with Crippen molar-refractivity contribution >= 4 is 111 Å². The highest BCUT2D eigenvalue weighted by atomic mass is 15.3. The molecule has 1 aliphatic carbocycles. The van der Waals surface area contributed by atoms with Crippen molar-refractivity contribution in [2.24, 2.45) is 0 Å². The number of benzene rings is 11. The molecule has 0 unspecified atom stereocenters. The first-order chi connectivity index (χ1) is 41.7. The Hall–Kier alpha value is -11.3. The van der Waals surface area contributed by atoms with Gasteiger partial charge in [-0.2, -0.15) is 15.0 Å². The van der Waals surface area contributed by atoms with E-state index in [4.69, 9.17) is 15.0 Å². The molecule has 398 valence electrons. The van der Waals surface area contributed by atoms with E-state index in [9.17, 15) is 0 Å². The lowest BCUT2D eigenvalue weighted by Crippen LogP contribution is -2.16. The molecule has 4 aromatic heterocycles. The molecule has 0 saturated carbocycles. The highest BCUT2D eigenvalue weighted by molar-refractivity contribution is 6.13. The third-order valence-corrected chi connectivity index (χ3v) is 16.2. The van der Waals surface area contributed by atoms with Gasteiger partial charge >= 0.3 is 0 Å². The Morgan fingerprint density at radius 2 is 0.571 bits per heavy atom. The molecule has 84 heavy (non-hydrogen) atoms. The molecule has 16 rings (SSSR count). The number of nitrogens with zero attached hydrogens (tertiary/aromatic N) is 9. The summed E-state index contributed by atoms with van der Waals surface area (Å²) in [4.78, 5) is 24.1. The summed E-state index contributed by atoms with van der Waals surface area (Å²) < 4.78 is 6.69. The summed E-state index contributed by atoms with van der Waals surface area (Å²) in [7, 11) is 0. The SMILES string of the molecule is C1=CC(N(c2ccccc2)c2ccc3c4ccccc4n(-c4nc(-n5c6ccccc6c6cc(N(c7ccccc7)c7ccccc7)ccc65)nc(-n5c6ccccc6c6cc(N(c7ccccc7)c7ccccc7)ccc65)n4)c3c2)=CCC1. The van der Waals surface area contributed by atoms with E-state index in [1.165, 1.54) is 0 Å². The number of fused-ring (bicyclic) bond motifs is 9. The lowest BCUT2D eigenvalue weighted by atomic mass is 10.1. The van der Waals surface area contributed by atoms with E-state index in [-0.39, 0.29) is 0 Å². The molecule has 0 atom stereocenters. The van der Waals surface area contributed by atoms with Crippen LogP contribution in [0.5, 0.6) is 0 Å². The molecule has 0 spiro atoms. The van der Waals surface area contributed by atoms with Gasteiger partial charge in [-0.15, -0.1) is 0 Å². The summed E-state index contributed by atoms with van der Waals surface area (Å²) >= 11 is 0. The third-order valence-electron chi connectivity index (χ3n) is 16.2. The van der Waals surface area contributed by atoms with Crippen LogP contribution in [0.1, 0.15) is 12.8 Å². The van der Waals surface area contributed by atoms with Crippen LogP contribution in [0.25, 0.3) is 83.3 Å². The molecule has 1 aliphatic rings. The molecule has 0 N–H and O–H groups in total. The fourth-order valence-corrected chi connectivity index (χ4v) is 12.6. The van der Waals surface area contributed by atoms with Gasteiger partial charge in [0, 0.05) is 83.5 Å². The summed E-state index contributed by atoms with van der Waals surface area (Å²) in [6, 6.07) is 99.0. The van der Waals surface area contributed by atoms with Crippen LogP contribution in [-0.2, 0) is 0 Å². The number of para-hydroxylation sites is 8. The van der Waals surface area contributed by atoms with E-state index in [0.29, 0.717) is 17.8 Å². The van der Waals surface area contributed by atoms with Gasteiger partial charge < -0.3 is 14.7 Å². The number of allylic oxidation sites excluding steroid dienone is 3. The Morgan fingerprint density at radius 1 is 0.250 bits per heavy atom. The van der Waals surface area contributed by atoms with Crippen molar-refractivity contribution in [2.75, 3.05) is 14.7 Å². The number of rotatable bonds is 12. The average molecular weight is 1080 g/mol. The minimum atomic E-state index is 0.490. The molecule has 0 radical (unpaired) electrons. The molecule has 0 saturated heterocycles. The standard InChI is InChI=1S/C75H53N9/c1-7-25-52(26-8-1)79(53-27-9-2-10-28-53)58-44-47-70-65(49-58)62-38-20-23-41-68(62)82(70)73-76-74(83-69-42-24-21-39-63(69)66-50-59(45-48-71(66)83)80(54-29-11-3-12-30-54)55-31-13-4-14-32-55)78-75(77-73)84-67-40-22-19-37-61(67)64-46-43-60(51-72(64)84)81(56-33-15-5-16-34-56)57-35-17-6-18-36-57/h1-5,7-17,19-51H,6,18H2. The minimum Gasteiger partial charge on any atom is -0.311 e. The van der Waals surface area contributed by atoms with Gasteiger partial charge in [0.2, 0.25) is 17.8 Å². The van der Waals surface area contributed by atoms with Gasteiger partial charge in [-0.05, 0) is 146 Å². The second kappa shape index (κ2) is 20.4. The first-order valence-corrected chi connectivity index (χ1v) is 28.6. The van der Waals surface area contributed by atoms with Crippen LogP contribution < -0.4 is 14.7 Å². The molecule has 9 heteroatoms. The molecule has 11 aromatic carbocycles. The number of anilines is 8. The van der Waals surface area contributed by atoms with E-state index < -0.39 is 0 Å². The van der Waals surface area contributed by atoms with Gasteiger partial charge in [-0.3, -0.25) is 13.7 Å². The maximum absolute atomic E-state index is 5.71. The molecule has 0 aliphatic heterocycles. The van der Waals surface area contributed by atoms with Crippen molar-refractivity contribution in [3.63, 3.8) is 0 Å². The van der Waals surface area contributed by atoms with Crippen LogP contribution >= 0.6 is 0 Å². The third kappa shape index (κ3) is 8.20. The highest BCUT2D eigenvalue weighted by Crippen LogP contribution is 2.44. The average Bonchev–Trinajstić information content (AvgIpc) is 4.17. The van der Waals surface area contributed by atoms with Crippen molar-refractivity contribution < 1.29 is 0 Å². The van der Waals surface area contributed by atoms with Crippen molar-refractivity contribution in [2.45, 2.75) is 12.8 Å². The molecule has 15 aromatic rings. The first kappa shape index (κ1) is 48.6. The van der Waals surface area contributed by atoms with E-state index in [1.54, 1.807) is 0 Å². The van der Waals surface area contributed by atoms with E-state index in [1.807, 2.05) is 0 Å². The molecule has 4 heterocycles. The second-order valence-corrected chi connectivity index (χ2v) is 21.2. The summed E-state index contributed by atoms with van der Waals surface area (Å²) in [5, 5.41) is 6.50. The van der Waals surface area contributed by atoms with Crippen LogP contribution in [0.15, 0.2) is 303 Å². The lowest BCUT2D eigenvalue weighted by Gasteiger charge is -2.27. The fraction of sp³-hybridized carbons (Fsp3) is 0.0267. The van der Waals surface area contributed by atoms with Gasteiger partial charge in [-0.1, -0.05) is 164 Å². The second-order valence-electron chi connectivity index (χ2n) is 21.2. The van der Waals surface area contributed by atoms with Crippen LogP contribution in [0, 0.1) is 0 Å². The maximum Gasteiger partial charge on any atom is 0.241 e. The van der Waals surface area contributed by atoms with Crippen molar-refractivity contribution in [3.05, 3.63) is 303 Å². The number of hydrogen-bond donors (Lipinski definition) is 0. The molecular formula is C75H53N9. The zero-order valence-corrected chi connectivity index (χ0v) is 45.7. The Bertz CT molecular complexity index is 4730. The Balaban J connectivity index is 0.967. The number of hydrogen-bond acceptors (Lipinski definition) is 6. The largest absolute Gasteiger partial charge is 0.311 e. The summed E-state index contributed by atoms with van der Waals surface area (Å²) in [6.07, 6.45) is 8.83. The van der Waals surface area contributed by atoms with Gasteiger partial charge in [0.25, 0.3) is 0 Å². The zero-order valence-electron chi connectivity index (χ0n) is 45.7. The van der Waals surface area contributed by atoms with Gasteiger partial charge in [-0.25, -0.2) is 0 Å². The Kier molecular flexibility index (Phi) is 11.8. The van der Waals surface area contributed by atoms with Crippen LogP contribution in [0.2, 0.25) is 0 Å². The van der Waals surface area contributed by atoms with Gasteiger partial charge in [0.1, 0.15) is 0 Å². The fourth-order valence-electron chi connectivity index (χ4n) is 12.6. The molecule has 0 bridgehead atoms. The zero-order chi connectivity index (χ0) is 55.5. The van der Waals surface area contributed by atoms with Gasteiger partial charge in [0.15, 0.2) is 0 Å². The summed E-state index contributed by atoms with van der Waals surface area (Å²) in [6.45, 7) is 0. The normalized spacial score (nSPS) is 12.5. The monoisotopic (exact) mass is 1080 g/mol. The predicted molar refractivity (Wildman–Crippen MR) is 347 cm³/mol. The Labute approximate surface area is 485 Å². The maximum atomic E-state index is 5.71. The van der Waals surface area contributed by atoms with E-state index >= 15 is 0 Å². The molecule has 0 fully saturated rings. The van der Waals surface area contributed by atoms with E-state index in [0.717, 1.165) is 129 Å². The van der Waals surface area contributed by atoms with Crippen molar-refractivity contribution in [3.8, 4) is 17.8 Å². The number of aromatic nitrogens is 6. The quantitative estimate of drug-likeness (QED) is 0.121. The molecule has 9 nitrogen and oxygen atoms in total. The van der Waals surface area contributed by atoms with Crippen LogP contribution in [-0.4, -0.2) is 28.7 Å². The smallest absolute Gasteiger partial charge is 0.241 e. The van der Waals surface area contributed by atoms with Gasteiger partial charge in [0.05, 0.1) is 33.1 Å². The topological polar surface area (TPSA) is 63.2 Å². The molecular weight excluding hydrogens is 1030 g/mol. The predicted octanol–water partition coefficient (Wildman–Crippen LogP) is 19.5. The summed E-state index contributed by atoms with van der Waals surface area (Å²) in [5.41, 5.74) is 15.4. The van der Waals surface area contributed by atoms with Crippen LogP contribution in [0.4, 0.5) is 45.5 Å².